The van der Waals surface area contributed by atoms with E-state index in [4.69, 9.17) is 18.0 Å². The van der Waals surface area contributed by atoms with Gasteiger partial charge in [0.05, 0.1) is 6.54 Å². The summed E-state index contributed by atoms with van der Waals surface area (Å²) in [7, 11) is 0. The summed E-state index contributed by atoms with van der Waals surface area (Å²) in [4.78, 5) is 15.8. The van der Waals surface area contributed by atoms with Crippen molar-refractivity contribution in [3.63, 3.8) is 0 Å². The van der Waals surface area contributed by atoms with Crippen LogP contribution in [0, 0.1) is 0 Å². The number of hydrazine groups is 1. The molecule has 0 atom stereocenters. The van der Waals surface area contributed by atoms with Crippen molar-refractivity contribution in [1.82, 2.24) is 20.0 Å². The fraction of sp³-hybridized carbons (Fsp3) is 0.333. The quantitative estimate of drug-likeness (QED) is 0.378. The minimum atomic E-state index is 0.187. The van der Waals surface area contributed by atoms with Crippen LogP contribution in [0.25, 0.3) is 0 Å². The van der Waals surface area contributed by atoms with Crippen molar-refractivity contribution in [2.45, 2.75) is 19.3 Å². The average molecular weight is 385 g/mol. The highest BCUT2D eigenvalue weighted by atomic mass is 32.1. The fourth-order valence-corrected chi connectivity index (χ4v) is 2.92. The zero-order valence-corrected chi connectivity index (χ0v) is 16.0. The maximum absolute atomic E-state index is 5.76. The number of hydrogen-bond donors (Lipinski definition) is 3. The molecule has 0 radical (unpaired) electrons. The van der Waals surface area contributed by atoms with Crippen LogP contribution in [0.15, 0.2) is 43.0 Å². The fourth-order valence-electron chi connectivity index (χ4n) is 2.80. The van der Waals surface area contributed by atoms with Crippen molar-refractivity contribution in [2.75, 3.05) is 35.3 Å². The number of nitrogens with one attached hydrogen (secondary N) is 2. The van der Waals surface area contributed by atoms with E-state index in [1.165, 1.54) is 6.42 Å². The van der Waals surface area contributed by atoms with Gasteiger partial charge >= 0.3 is 0 Å². The SMILES string of the molecule is C=CCN(Nc1nc(Nc2ccccc2)nc(N2CCCCC2)n1)C(N)=S. The molecule has 1 aliphatic rings. The Morgan fingerprint density at radius 1 is 1.15 bits per heavy atom. The van der Waals surface area contributed by atoms with Gasteiger partial charge in [-0.3, -0.25) is 10.4 Å². The minimum Gasteiger partial charge on any atom is -0.375 e. The van der Waals surface area contributed by atoms with Crippen molar-refractivity contribution >= 4 is 40.9 Å². The minimum absolute atomic E-state index is 0.187. The second-order valence-electron chi connectivity index (χ2n) is 6.17. The van der Waals surface area contributed by atoms with Gasteiger partial charge < -0.3 is 16.0 Å². The van der Waals surface area contributed by atoms with Crippen LogP contribution in [0.5, 0.6) is 0 Å². The number of nitrogens with two attached hydrogens (primary N) is 1. The van der Waals surface area contributed by atoms with Gasteiger partial charge in [0, 0.05) is 18.8 Å². The monoisotopic (exact) mass is 384 g/mol. The average Bonchev–Trinajstić information content (AvgIpc) is 2.69. The van der Waals surface area contributed by atoms with Gasteiger partial charge in [-0.2, -0.15) is 15.0 Å². The molecule has 0 amide bonds. The molecular weight excluding hydrogens is 360 g/mol. The molecule has 3 rings (SSSR count). The van der Waals surface area contributed by atoms with Gasteiger partial charge in [-0.05, 0) is 43.6 Å². The molecule has 27 heavy (non-hydrogen) atoms. The summed E-state index contributed by atoms with van der Waals surface area (Å²) in [5, 5.41) is 4.97. The lowest BCUT2D eigenvalue weighted by Crippen LogP contribution is -2.41. The molecule has 0 unspecified atom stereocenters. The second kappa shape index (κ2) is 9.13. The third kappa shape index (κ3) is 5.27. The van der Waals surface area contributed by atoms with Gasteiger partial charge in [0.25, 0.3) is 0 Å². The van der Waals surface area contributed by atoms with Crippen LogP contribution in [0.2, 0.25) is 0 Å². The predicted octanol–water partition coefficient (Wildman–Crippen LogP) is 2.66. The van der Waals surface area contributed by atoms with E-state index in [1.54, 1.807) is 11.1 Å². The van der Waals surface area contributed by atoms with E-state index >= 15 is 0 Å². The van der Waals surface area contributed by atoms with E-state index in [0.717, 1.165) is 31.6 Å². The largest absolute Gasteiger partial charge is 0.375 e. The van der Waals surface area contributed by atoms with E-state index in [2.05, 4.69) is 37.2 Å². The molecule has 142 valence electrons. The molecule has 1 aliphatic heterocycles. The molecule has 2 aromatic rings. The first-order chi connectivity index (χ1) is 13.2. The normalized spacial score (nSPS) is 13.7. The number of thiocarbonyl (C=S) groups is 1. The number of nitrogens with zero attached hydrogens (tertiary/aromatic N) is 5. The summed E-state index contributed by atoms with van der Waals surface area (Å²) in [5.41, 5.74) is 9.71. The van der Waals surface area contributed by atoms with Crippen LogP contribution in [-0.4, -0.2) is 44.7 Å². The number of rotatable bonds is 7. The van der Waals surface area contributed by atoms with E-state index in [0.29, 0.717) is 24.4 Å². The van der Waals surface area contributed by atoms with Gasteiger partial charge in [-0.25, -0.2) is 0 Å². The Labute approximate surface area is 164 Å². The molecular formula is C18H24N8S. The van der Waals surface area contributed by atoms with E-state index < -0.39 is 0 Å². The van der Waals surface area contributed by atoms with Crippen LogP contribution >= 0.6 is 12.2 Å². The van der Waals surface area contributed by atoms with Gasteiger partial charge in [0.2, 0.25) is 17.8 Å². The van der Waals surface area contributed by atoms with Crippen LogP contribution in [0.3, 0.4) is 0 Å². The number of para-hydroxylation sites is 1. The summed E-state index contributed by atoms with van der Waals surface area (Å²) in [6.07, 6.45) is 5.19. The first kappa shape index (κ1) is 18.8. The second-order valence-corrected chi connectivity index (χ2v) is 6.59. The highest BCUT2D eigenvalue weighted by molar-refractivity contribution is 7.80. The van der Waals surface area contributed by atoms with Crippen LogP contribution in [-0.2, 0) is 0 Å². The van der Waals surface area contributed by atoms with Gasteiger partial charge in [-0.1, -0.05) is 24.3 Å². The van der Waals surface area contributed by atoms with Gasteiger partial charge in [0.15, 0.2) is 5.11 Å². The zero-order chi connectivity index (χ0) is 19.1. The van der Waals surface area contributed by atoms with Crippen LogP contribution < -0.4 is 21.4 Å². The number of anilines is 4. The van der Waals surface area contributed by atoms with Crippen LogP contribution in [0.4, 0.5) is 23.5 Å². The molecule has 1 saturated heterocycles. The molecule has 1 aromatic heterocycles. The number of piperidine rings is 1. The Kier molecular flexibility index (Phi) is 6.37. The third-order valence-corrected chi connectivity index (χ3v) is 4.33. The topological polar surface area (TPSA) is 95.2 Å². The highest BCUT2D eigenvalue weighted by Crippen LogP contribution is 2.20. The van der Waals surface area contributed by atoms with Gasteiger partial charge in [0.1, 0.15) is 0 Å². The first-order valence-electron chi connectivity index (χ1n) is 8.93. The molecule has 1 fully saturated rings. The highest BCUT2D eigenvalue weighted by Gasteiger charge is 2.17. The Balaban J connectivity index is 1.89. The maximum Gasteiger partial charge on any atom is 0.248 e. The van der Waals surface area contributed by atoms with Crippen LogP contribution in [0.1, 0.15) is 19.3 Å². The maximum atomic E-state index is 5.76. The summed E-state index contributed by atoms with van der Waals surface area (Å²) in [5.74, 6) is 1.46. The molecule has 2 heterocycles. The molecule has 0 saturated carbocycles. The molecule has 4 N–H and O–H groups in total. The first-order valence-corrected chi connectivity index (χ1v) is 9.34. The number of aromatic nitrogens is 3. The van der Waals surface area contributed by atoms with Crippen molar-refractivity contribution in [2.24, 2.45) is 5.73 Å². The third-order valence-electron chi connectivity index (χ3n) is 4.11. The van der Waals surface area contributed by atoms with E-state index in [9.17, 15) is 0 Å². The molecule has 0 aliphatic carbocycles. The zero-order valence-electron chi connectivity index (χ0n) is 15.1. The molecule has 9 heteroatoms. The molecule has 0 bridgehead atoms. The Morgan fingerprint density at radius 3 is 2.52 bits per heavy atom. The smallest absolute Gasteiger partial charge is 0.248 e. The van der Waals surface area contributed by atoms with E-state index in [1.807, 2.05) is 30.3 Å². The van der Waals surface area contributed by atoms with Gasteiger partial charge in [-0.15, -0.1) is 6.58 Å². The summed E-state index contributed by atoms with van der Waals surface area (Å²) in [6, 6.07) is 9.77. The molecule has 0 spiro atoms. The molecule has 8 nitrogen and oxygen atoms in total. The van der Waals surface area contributed by atoms with Crippen molar-refractivity contribution < 1.29 is 0 Å². The van der Waals surface area contributed by atoms with Crippen molar-refractivity contribution in [3.8, 4) is 0 Å². The van der Waals surface area contributed by atoms with Crippen molar-refractivity contribution in [1.29, 1.82) is 0 Å². The van der Waals surface area contributed by atoms with Crippen molar-refractivity contribution in [3.05, 3.63) is 43.0 Å². The summed E-state index contributed by atoms with van der Waals surface area (Å²) < 4.78 is 0. The summed E-state index contributed by atoms with van der Waals surface area (Å²) in [6.45, 7) is 6.01. The summed E-state index contributed by atoms with van der Waals surface area (Å²) >= 11 is 5.07. The number of benzene rings is 1. The van der Waals surface area contributed by atoms with E-state index in [-0.39, 0.29) is 5.11 Å². The Morgan fingerprint density at radius 2 is 1.85 bits per heavy atom. The Bertz CT molecular complexity index is 776. The number of hydrogen-bond acceptors (Lipinski definition) is 7. The lowest BCUT2D eigenvalue weighted by molar-refractivity contribution is 0.545. The predicted molar refractivity (Wildman–Crippen MR) is 113 cm³/mol. The molecule has 1 aromatic carbocycles. The Hall–Kier alpha value is -2.94. The lowest BCUT2D eigenvalue weighted by Gasteiger charge is -2.28. The standard InChI is InChI=1S/C18H24N8S/c1-2-11-26(15(19)27)24-17-21-16(20-14-9-5-3-6-10-14)22-18(23-17)25-12-7-4-8-13-25/h2-3,5-6,9-10H,1,4,7-8,11-13H2,(H2,19,27)(H2,20,21,22,23,24). The lowest BCUT2D eigenvalue weighted by atomic mass is 10.1.